The summed E-state index contributed by atoms with van der Waals surface area (Å²) in [5.74, 6) is 1.70. The fourth-order valence-electron chi connectivity index (χ4n) is 3.32. The standard InChI is InChI=1S/C20H31N3O3/c1-15-7-8-16(19(11-15)26-14-18-6-4-10-25-18)12-22-20(21-2)23-13-17-5-3-9-24-17/h7-8,11,17-18H,3-6,9-10,12-14H2,1-2H3,(H2,21,22,23). The van der Waals surface area contributed by atoms with Gasteiger partial charge >= 0.3 is 0 Å². The van der Waals surface area contributed by atoms with Crippen molar-refractivity contribution in [2.24, 2.45) is 4.99 Å². The normalized spacial score (nSPS) is 23.2. The van der Waals surface area contributed by atoms with Crippen molar-refractivity contribution < 1.29 is 14.2 Å². The number of nitrogens with one attached hydrogen (secondary N) is 2. The molecule has 2 aliphatic rings. The molecule has 1 aromatic rings. The summed E-state index contributed by atoms with van der Waals surface area (Å²) >= 11 is 0. The van der Waals surface area contributed by atoms with Gasteiger partial charge in [0.25, 0.3) is 0 Å². The van der Waals surface area contributed by atoms with Gasteiger partial charge in [-0.1, -0.05) is 12.1 Å². The lowest BCUT2D eigenvalue weighted by molar-refractivity contribution is 0.0676. The third kappa shape index (κ3) is 5.61. The van der Waals surface area contributed by atoms with E-state index in [9.17, 15) is 0 Å². The maximum absolute atomic E-state index is 6.06. The Hall–Kier alpha value is -1.79. The summed E-state index contributed by atoms with van der Waals surface area (Å²) in [5.41, 5.74) is 2.31. The Kier molecular flexibility index (Phi) is 7.14. The van der Waals surface area contributed by atoms with E-state index in [1.54, 1.807) is 7.05 Å². The molecule has 6 nitrogen and oxygen atoms in total. The van der Waals surface area contributed by atoms with Gasteiger partial charge in [0.1, 0.15) is 12.4 Å². The quantitative estimate of drug-likeness (QED) is 0.577. The first kappa shape index (κ1) is 19.0. The minimum absolute atomic E-state index is 0.220. The Morgan fingerprint density at radius 1 is 1.15 bits per heavy atom. The lowest BCUT2D eigenvalue weighted by atomic mass is 10.1. The largest absolute Gasteiger partial charge is 0.491 e. The molecule has 2 heterocycles. The van der Waals surface area contributed by atoms with Gasteiger partial charge in [-0.25, -0.2) is 0 Å². The fraction of sp³-hybridized carbons (Fsp3) is 0.650. The summed E-state index contributed by atoms with van der Waals surface area (Å²) in [6.45, 7) is 5.86. The van der Waals surface area contributed by atoms with E-state index in [-0.39, 0.29) is 6.10 Å². The van der Waals surface area contributed by atoms with Crippen LogP contribution in [0.2, 0.25) is 0 Å². The predicted octanol–water partition coefficient (Wildman–Crippen LogP) is 2.40. The Bertz CT molecular complexity index is 594. The van der Waals surface area contributed by atoms with Crippen molar-refractivity contribution in [1.82, 2.24) is 10.6 Å². The predicted molar refractivity (Wildman–Crippen MR) is 103 cm³/mol. The van der Waals surface area contributed by atoms with E-state index < -0.39 is 0 Å². The van der Waals surface area contributed by atoms with Crippen molar-refractivity contribution in [2.75, 3.05) is 33.4 Å². The summed E-state index contributed by atoms with van der Waals surface area (Å²) in [6, 6.07) is 6.31. The molecule has 0 spiro atoms. The van der Waals surface area contributed by atoms with E-state index in [1.165, 1.54) is 5.56 Å². The van der Waals surface area contributed by atoms with Crippen molar-refractivity contribution in [3.8, 4) is 5.75 Å². The molecular formula is C20H31N3O3. The van der Waals surface area contributed by atoms with Crippen molar-refractivity contribution in [3.63, 3.8) is 0 Å². The van der Waals surface area contributed by atoms with Crippen LogP contribution < -0.4 is 15.4 Å². The highest BCUT2D eigenvalue weighted by molar-refractivity contribution is 5.79. The smallest absolute Gasteiger partial charge is 0.191 e. The topological polar surface area (TPSA) is 64.1 Å². The first-order valence-electron chi connectivity index (χ1n) is 9.64. The van der Waals surface area contributed by atoms with Gasteiger partial charge in [-0.2, -0.15) is 0 Å². The summed E-state index contributed by atoms with van der Waals surface area (Å²) < 4.78 is 17.4. The van der Waals surface area contributed by atoms with Gasteiger partial charge in [0, 0.05) is 38.9 Å². The lowest BCUT2D eigenvalue weighted by Crippen LogP contribution is -2.40. The highest BCUT2D eigenvalue weighted by atomic mass is 16.5. The van der Waals surface area contributed by atoms with Crippen molar-refractivity contribution >= 4 is 5.96 Å². The second-order valence-electron chi connectivity index (χ2n) is 7.00. The minimum atomic E-state index is 0.220. The van der Waals surface area contributed by atoms with Crippen LogP contribution in [0.5, 0.6) is 5.75 Å². The van der Waals surface area contributed by atoms with E-state index in [1.807, 2.05) is 0 Å². The van der Waals surface area contributed by atoms with Gasteiger partial charge in [-0.15, -0.1) is 0 Å². The second-order valence-corrected chi connectivity index (χ2v) is 7.00. The van der Waals surface area contributed by atoms with Crippen LogP contribution in [0.1, 0.15) is 36.8 Å². The molecule has 144 valence electrons. The minimum Gasteiger partial charge on any atom is -0.491 e. The van der Waals surface area contributed by atoms with Crippen molar-refractivity contribution in [3.05, 3.63) is 29.3 Å². The van der Waals surface area contributed by atoms with Crippen molar-refractivity contribution in [2.45, 2.75) is 51.4 Å². The van der Waals surface area contributed by atoms with Gasteiger partial charge in [-0.05, 0) is 44.2 Å². The van der Waals surface area contributed by atoms with Crippen LogP contribution in [-0.4, -0.2) is 51.6 Å². The summed E-state index contributed by atoms with van der Waals surface area (Å²) in [5, 5.41) is 6.71. The molecule has 2 aliphatic heterocycles. The summed E-state index contributed by atoms with van der Waals surface area (Å²) in [6.07, 6.45) is 4.98. The Morgan fingerprint density at radius 3 is 2.62 bits per heavy atom. The SMILES string of the molecule is CN=C(NCc1ccc(C)cc1OCC1CCCO1)NCC1CCCO1. The average Bonchev–Trinajstić information content (AvgIpc) is 3.35. The van der Waals surface area contributed by atoms with E-state index in [4.69, 9.17) is 14.2 Å². The monoisotopic (exact) mass is 361 g/mol. The Labute approximate surface area is 156 Å². The number of nitrogens with zero attached hydrogens (tertiary/aromatic N) is 1. The lowest BCUT2D eigenvalue weighted by Gasteiger charge is -2.18. The number of hydrogen-bond donors (Lipinski definition) is 2. The molecule has 3 rings (SSSR count). The van der Waals surface area contributed by atoms with E-state index in [0.717, 1.165) is 62.7 Å². The molecule has 0 saturated carbocycles. The molecular weight excluding hydrogens is 330 g/mol. The second kappa shape index (κ2) is 9.78. The number of guanidine groups is 1. The number of aliphatic imine (C=N–C) groups is 1. The Balaban J connectivity index is 1.51. The van der Waals surface area contributed by atoms with Crippen LogP contribution >= 0.6 is 0 Å². The van der Waals surface area contributed by atoms with Crippen molar-refractivity contribution in [1.29, 1.82) is 0 Å². The Morgan fingerprint density at radius 2 is 1.92 bits per heavy atom. The molecule has 0 amide bonds. The van der Waals surface area contributed by atoms with Crippen LogP contribution in [0, 0.1) is 6.92 Å². The number of ether oxygens (including phenoxy) is 3. The van der Waals surface area contributed by atoms with Crippen LogP contribution in [0.15, 0.2) is 23.2 Å². The van der Waals surface area contributed by atoms with E-state index >= 15 is 0 Å². The molecule has 2 fully saturated rings. The number of benzene rings is 1. The first-order chi connectivity index (χ1) is 12.7. The molecule has 2 saturated heterocycles. The number of hydrogen-bond acceptors (Lipinski definition) is 4. The average molecular weight is 361 g/mol. The zero-order valence-corrected chi connectivity index (χ0v) is 15.9. The van der Waals surface area contributed by atoms with Gasteiger partial charge in [0.2, 0.25) is 0 Å². The van der Waals surface area contributed by atoms with E-state index in [0.29, 0.717) is 19.3 Å². The van der Waals surface area contributed by atoms with E-state index in [2.05, 4.69) is 40.7 Å². The molecule has 0 aliphatic carbocycles. The molecule has 2 N–H and O–H groups in total. The van der Waals surface area contributed by atoms with Crippen LogP contribution in [0.3, 0.4) is 0 Å². The zero-order valence-electron chi connectivity index (χ0n) is 15.9. The summed E-state index contributed by atoms with van der Waals surface area (Å²) in [7, 11) is 1.79. The highest BCUT2D eigenvalue weighted by Crippen LogP contribution is 2.22. The fourth-order valence-corrected chi connectivity index (χ4v) is 3.32. The molecule has 2 unspecified atom stereocenters. The zero-order chi connectivity index (χ0) is 18.2. The summed E-state index contributed by atoms with van der Waals surface area (Å²) in [4.78, 5) is 4.30. The molecule has 0 bridgehead atoms. The molecule has 0 radical (unpaired) electrons. The molecule has 0 aromatic heterocycles. The maximum atomic E-state index is 6.06. The van der Waals surface area contributed by atoms with Crippen LogP contribution in [0.25, 0.3) is 0 Å². The maximum Gasteiger partial charge on any atom is 0.191 e. The van der Waals surface area contributed by atoms with Crippen LogP contribution in [-0.2, 0) is 16.0 Å². The van der Waals surface area contributed by atoms with Gasteiger partial charge in [0.05, 0.1) is 12.2 Å². The number of aryl methyl sites for hydroxylation is 1. The number of rotatable bonds is 7. The first-order valence-corrected chi connectivity index (χ1v) is 9.64. The van der Waals surface area contributed by atoms with Gasteiger partial charge in [0.15, 0.2) is 5.96 Å². The third-order valence-electron chi connectivity index (χ3n) is 4.86. The molecule has 1 aromatic carbocycles. The third-order valence-corrected chi connectivity index (χ3v) is 4.86. The van der Waals surface area contributed by atoms with Gasteiger partial charge < -0.3 is 24.8 Å². The molecule has 6 heteroatoms. The molecule has 2 atom stereocenters. The molecule has 26 heavy (non-hydrogen) atoms. The van der Waals surface area contributed by atoms with Gasteiger partial charge in [-0.3, -0.25) is 4.99 Å². The highest BCUT2D eigenvalue weighted by Gasteiger charge is 2.17. The van der Waals surface area contributed by atoms with Crippen LogP contribution in [0.4, 0.5) is 0 Å².